The van der Waals surface area contributed by atoms with Gasteiger partial charge in [0.2, 0.25) is 0 Å². The number of nitrogens with zero attached hydrogens (tertiary/aromatic N) is 4. The Labute approximate surface area is 192 Å². The van der Waals surface area contributed by atoms with Gasteiger partial charge in [0.15, 0.2) is 0 Å². The zero-order chi connectivity index (χ0) is 22.8. The Morgan fingerprint density at radius 1 is 0.938 bits per heavy atom. The summed E-state index contributed by atoms with van der Waals surface area (Å²) in [7, 11) is 0. The van der Waals surface area contributed by atoms with Crippen molar-refractivity contribution < 1.29 is 4.74 Å². The van der Waals surface area contributed by atoms with Crippen molar-refractivity contribution in [3.8, 4) is 17.9 Å². The van der Waals surface area contributed by atoms with Crippen LogP contribution < -0.4 is 4.74 Å². The highest BCUT2D eigenvalue weighted by atomic mass is 16.5. The van der Waals surface area contributed by atoms with E-state index in [2.05, 4.69) is 41.0 Å². The summed E-state index contributed by atoms with van der Waals surface area (Å²) in [5.74, 6) is 1.24. The first-order valence-corrected chi connectivity index (χ1v) is 11.7. The normalized spacial score (nSPS) is 15.6. The largest absolute Gasteiger partial charge is 0.491 e. The molecule has 32 heavy (non-hydrogen) atoms. The molecule has 2 aromatic rings. The lowest BCUT2D eigenvalue weighted by Crippen LogP contribution is -2.47. The minimum Gasteiger partial charge on any atom is -0.491 e. The van der Waals surface area contributed by atoms with Gasteiger partial charge in [-0.2, -0.15) is 10.5 Å². The van der Waals surface area contributed by atoms with Gasteiger partial charge in [0.25, 0.3) is 0 Å². The van der Waals surface area contributed by atoms with Gasteiger partial charge in [-0.1, -0.05) is 31.2 Å². The number of nitriles is 2. The monoisotopic (exact) mass is 430 g/mol. The van der Waals surface area contributed by atoms with Gasteiger partial charge in [0, 0.05) is 32.7 Å². The fourth-order valence-corrected chi connectivity index (χ4v) is 4.44. The molecule has 0 N–H and O–H groups in total. The number of hydrogen-bond acceptors (Lipinski definition) is 5. The molecule has 1 unspecified atom stereocenters. The lowest BCUT2D eigenvalue weighted by atomic mass is 9.90. The molecule has 168 valence electrons. The van der Waals surface area contributed by atoms with Crippen LogP contribution >= 0.6 is 0 Å². The molecule has 2 aromatic carbocycles. The summed E-state index contributed by atoms with van der Waals surface area (Å²) in [4.78, 5) is 5.01. The number of para-hydroxylation sites is 1. The predicted molar refractivity (Wildman–Crippen MR) is 128 cm³/mol. The molecule has 1 heterocycles. The number of rotatable bonds is 10. The summed E-state index contributed by atoms with van der Waals surface area (Å²) in [6.07, 6.45) is 3.52. The Hall–Kier alpha value is -2.86. The third-order valence-electron chi connectivity index (χ3n) is 6.50. The second-order valence-corrected chi connectivity index (χ2v) is 8.57. The smallest absolute Gasteiger partial charge is 0.137 e. The Morgan fingerprint density at radius 3 is 2.28 bits per heavy atom. The summed E-state index contributed by atoms with van der Waals surface area (Å²) in [6.45, 7) is 11.3. The first-order chi connectivity index (χ1) is 15.6. The third kappa shape index (κ3) is 6.57. The van der Waals surface area contributed by atoms with Crippen molar-refractivity contribution in [2.75, 3.05) is 45.9 Å². The fourth-order valence-electron chi connectivity index (χ4n) is 4.44. The maximum atomic E-state index is 9.16. The zero-order valence-corrected chi connectivity index (χ0v) is 19.4. The summed E-state index contributed by atoms with van der Waals surface area (Å²) >= 11 is 0. The van der Waals surface area contributed by atoms with Crippen LogP contribution in [0.5, 0.6) is 5.75 Å². The number of aryl methyl sites for hydroxylation is 1. The molecule has 0 saturated carbocycles. The number of benzene rings is 2. The predicted octanol–water partition coefficient (Wildman–Crippen LogP) is 4.71. The van der Waals surface area contributed by atoms with Gasteiger partial charge in [0.1, 0.15) is 18.4 Å². The van der Waals surface area contributed by atoms with E-state index in [-0.39, 0.29) is 0 Å². The molecule has 0 radical (unpaired) electrons. The molecule has 5 heteroatoms. The van der Waals surface area contributed by atoms with Crippen molar-refractivity contribution in [2.45, 2.75) is 39.0 Å². The van der Waals surface area contributed by atoms with Crippen LogP contribution in [0, 0.1) is 29.6 Å². The molecule has 0 aliphatic carbocycles. The van der Waals surface area contributed by atoms with Gasteiger partial charge in [-0.3, -0.25) is 4.90 Å². The topological polar surface area (TPSA) is 63.3 Å². The maximum Gasteiger partial charge on any atom is 0.137 e. The number of ether oxygens (including phenoxy) is 1. The van der Waals surface area contributed by atoms with E-state index in [1.165, 1.54) is 18.4 Å². The molecule has 0 spiro atoms. The van der Waals surface area contributed by atoms with E-state index in [0.717, 1.165) is 56.8 Å². The minimum atomic E-state index is 0.566. The zero-order valence-electron chi connectivity index (χ0n) is 19.4. The molecular weight excluding hydrogens is 396 g/mol. The van der Waals surface area contributed by atoms with Crippen molar-refractivity contribution in [2.24, 2.45) is 0 Å². The van der Waals surface area contributed by atoms with E-state index in [1.807, 2.05) is 31.2 Å². The van der Waals surface area contributed by atoms with Crippen molar-refractivity contribution in [1.82, 2.24) is 9.80 Å². The van der Waals surface area contributed by atoms with Crippen LogP contribution in [0.3, 0.4) is 0 Å². The van der Waals surface area contributed by atoms with Gasteiger partial charge in [-0.05, 0) is 68.0 Å². The first-order valence-electron chi connectivity index (χ1n) is 11.7. The number of hydrogen-bond donors (Lipinski definition) is 0. The van der Waals surface area contributed by atoms with Gasteiger partial charge in [-0.25, -0.2) is 0 Å². The molecule has 1 saturated heterocycles. The van der Waals surface area contributed by atoms with Crippen LogP contribution in [0.15, 0.2) is 42.5 Å². The van der Waals surface area contributed by atoms with Gasteiger partial charge >= 0.3 is 0 Å². The highest BCUT2D eigenvalue weighted by Gasteiger charge is 2.18. The molecule has 3 rings (SSSR count). The van der Waals surface area contributed by atoms with Crippen molar-refractivity contribution >= 4 is 0 Å². The van der Waals surface area contributed by atoms with Crippen LogP contribution in [-0.4, -0.2) is 55.7 Å². The quantitative estimate of drug-likeness (QED) is 0.546. The van der Waals surface area contributed by atoms with E-state index in [9.17, 15) is 0 Å². The standard InChI is InChI=1S/C27H34N4O/c1-3-23(24-10-11-25(20-28)22(2)19-24)8-6-12-30-13-15-31(16-14-30)17-18-32-27-9-5-4-7-26(27)21-29/h4-5,7,9-11,19,23H,3,6,8,12-18H2,1-2H3. The highest BCUT2D eigenvalue weighted by molar-refractivity contribution is 5.42. The summed E-state index contributed by atoms with van der Waals surface area (Å²) in [6, 6.07) is 18.2. The fraction of sp³-hybridized carbons (Fsp3) is 0.481. The molecule has 1 aliphatic heterocycles. The van der Waals surface area contributed by atoms with E-state index < -0.39 is 0 Å². The Balaban J connectivity index is 1.35. The van der Waals surface area contributed by atoms with Crippen LogP contribution in [0.1, 0.15) is 54.4 Å². The molecule has 0 bridgehead atoms. The molecule has 0 aromatic heterocycles. The highest BCUT2D eigenvalue weighted by Crippen LogP contribution is 2.26. The van der Waals surface area contributed by atoms with E-state index in [4.69, 9.17) is 15.3 Å². The molecule has 0 amide bonds. The van der Waals surface area contributed by atoms with Crippen molar-refractivity contribution in [3.63, 3.8) is 0 Å². The van der Waals surface area contributed by atoms with Crippen LogP contribution in [0.25, 0.3) is 0 Å². The van der Waals surface area contributed by atoms with Crippen LogP contribution in [0.4, 0.5) is 0 Å². The summed E-state index contributed by atoms with van der Waals surface area (Å²) in [5.41, 5.74) is 3.83. The third-order valence-corrected chi connectivity index (χ3v) is 6.50. The molecule has 1 aliphatic rings. The SMILES string of the molecule is CCC(CCCN1CCN(CCOc2ccccc2C#N)CC1)c1ccc(C#N)c(C)c1. The lowest BCUT2D eigenvalue weighted by Gasteiger charge is -2.34. The van der Waals surface area contributed by atoms with E-state index in [1.54, 1.807) is 6.07 Å². The second-order valence-electron chi connectivity index (χ2n) is 8.57. The van der Waals surface area contributed by atoms with Crippen molar-refractivity contribution in [1.29, 1.82) is 10.5 Å². The molecule has 5 nitrogen and oxygen atoms in total. The van der Waals surface area contributed by atoms with Gasteiger partial charge in [0.05, 0.1) is 17.2 Å². The minimum absolute atomic E-state index is 0.566. The Bertz CT molecular complexity index is 951. The van der Waals surface area contributed by atoms with Gasteiger partial charge < -0.3 is 9.64 Å². The second kappa shape index (κ2) is 12.2. The van der Waals surface area contributed by atoms with Crippen LogP contribution in [-0.2, 0) is 0 Å². The molecule has 1 atom stereocenters. The van der Waals surface area contributed by atoms with E-state index in [0.29, 0.717) is 23.8 Å². The Kier molecular flexibility index (Phi) is 9.11. The van der Waals surface area contributed by atoms with Crippen molar-refractivity contribution in [3.05, 3.63) is 64.7 Å². The first kappa shape index (κ1) is 23.8. The molecule has 1 fully saturated rings. The lowest BCUT2D eigenvalue weighted by molar-refractivity contribution is 0.115. The average Bonchev–Trinajstić information content (AvgIpc) is 2.83. The van der Waals surface area contributed by atoms with E-state index >= 15 is 0 Å². The maximum absolute atomic E-state index is 9.16. The average molecular weight is 431 g/mol. The molecular formula is C27H34N4O. The summed E-state index contributed by atoms with van der Waals surface area (Å²) < 4.78 is 5.83. The van der Waals surface area contributed by atoms with Gasteiger partial charge in [-0.15, -0.1) is 0 Å². The summed E-state index contributed by atoms with van der Waals surface area (Å²) in [5, 5.41) is 18.3. The number of piperazine rings is 1. The van der Waals surface area contributed by atoms with Crippen LogP contribution in [0.2, 0.25) is 0 Å². The Morgan fingerprint density at radius 2 is 1.62 bits per heavy atom.